The van der Waals surface area contributed by atoms with Gasteiger partial charge in [0.25, 0.3) is 5.91 Å². The molecule has 1 heterocycles. The number of nitrogens with zero attached hydrogens (tertiary/aromatic N) is 2. The van der Waals surface area contributed by atoms with Gasteiger partial charge in [0.05, 0.1) is 11.4 Å². The fourth-order valence-electron chi connectivity index (χ4n) is 4.13. The molecule has 1 fully saturated rings. The Labute approximate surface area is 176 Å². The van der Waals surface area contributed by atoms with E-state index in [-0.39, 0.29) is 11.7 Å². The number of rotatable bonds is 5. The van der Waals surface area contributed by atoms with Crippen molar-refractivity contribution in [1.82, 2.24) is 9.78 Å². The number of carbonyl (C=O) groups is 1. The van der Waals surface area contributed by atoms with E-state index < -0.39 is 0 Å². The molecule has 0 aliphatic heterocycles. The fraction of sp³-hybridized carbons (Fsp3) is 0.292. The number of carbonyl (C=O) groups excluding carboxylic acids is 1. The number of aryl methyl sites for hydroxylation is 1. The first-order valence-corrected chi connectivity index (χ1v) is 10.4. The summed E-state index contributed by atoms with van der Waals surface area (Å²) in [7, 11) is 0. The van der Waals surface area contributed by atoms with E-state index in [1.807, 2.05) is 25.1 Å². The molecule has 1 aliphatic rings. The minimum absolute atomic E-state index is 0.0233. The Hall–Kier alpha value is -3.41. The molecule has 6 nitrogen and oxygen atoms in total. The molecule has 1 aromatic heterocycles. The van der Waals surface area contributed by atoms with Crippen LogP contribution in [0.5, 0.6) is 0 Å². The van der Waals surface area contributed by atoms with Crippen molar-refractivity contribution in [3.05, 3.63) is 77.1 Å². The summed E-state index contributed by atoms with van der Waals surface area (Å²) >= 11 is 0. The highest BCUT2D eigenvalue weighted by Crippen LogP contribution is 2.33. The minimum atomic E-state index is -0.228. The molecule has 0 spiro atoms. The second kappa shape index (κ2) is 8.53. The van der Waals surface area contributed by atoms with Gasteiger partial charge in [-0.05, 0) is 61.6 Å². The highest BCUT2D eigenvalue weighted by Gasteiger charge is 2.18. The Kier molecular flexibility index (Phi) is 5.65. The van der Waals surface area contributed by atoms with Crippen LogP contribution in [0.1, 0.15) is 65.3 Å². The maximum atomic E-state index is 13.0. The molecule has 0 radical (unpaired) electrons. The molecule has 6 heteroatoms. The third-order valence-electron chi connectivity index (χ3n) is 5.71. The Bertz CT molecular complexity index is 1060. The molecule has 0 saturated heterocycles. The number of aromatic nitrogens is 2. The van der Waals surface area contributed by atoms with Crippen molar-refractivity contribution in [2.24, 2.45) is 5.73 Å². The van der Waals surface area contributed by atoms with Crippen LogP contribution in [0.15, 0.2) is 54.6 Å². The number of nitrogens with two attached hydrogens (primary N) is 1. The van der Waals surface area contributed by atoms with Crippen LogP contribution < -0.4 is 11.1 Å². The highest BCUT2D eigenvalue weighted by molar-refractivity contribution is 6.03. The molecule has 2 aromatic carbocycles. The molecule has 1 aliphatic carbocycles. The first-order valence-electron chi connectivity index (χ1n) is 10.4. The van der Waals surface area contributed by atoms with Crippen molar-refractivity contribution in [3.8, 4) is 5.69 Å². The summed E-state index contributed by atoms with van der Waals surface area (Å²) < 4.78 is 1.59. The number of nitrogens with one attached hydrogen (secondary N) is 2. The van der Waals surface area contributed by atoms with Gasteiger partial charge < -0.3 is 11.1 Å². The molecule has 4 N–H and O–H groups in total. The summed E-state index contributed by atoms with van der Waals surface area (Å²) in [6.07, 6.45) is 6.45. The lowest BCUT2D eigenvalue weighted by Crippen LogP contribution is -2.17. The van der Waals surface area contributed by atoms with E-state index in [4.69, 9.17) is 11.1 Å². The van der Waals surface area contributed by atoms with Gasteiger partial charge in [-0.2, -0.15) is 5.10 Å². The summed E-state index contributed by atoms with van der Waals surface area (Å²) in [6, 6.07) is 17.1. The molecule has 0 atom stereocenters. The maximum Gasteiger partial charge on any atom is 0.274 e. The van der Waals surface area contributed by atoms with Crippen LogP contribution in [0.4, 0.5) is 5.69 Å². The van der Waals surface area contributed by atoms with E-state index in [0.717, 1.165) is 11.4 Å². The van der Waals surface area contributed by atoms with Gasteiger partial charge in [0.2, 0.25) is 0 Å². The van der Waals surface area contributed by atoms with Crippen molar-refractivity contribution in [1.29, 1.82) is 5.41 Å². The standard InChI is InChI=1S/C24H27N5O/c1-16-14-22(29(28-16)21-9-5-8-19(15-21)23(25)26)24(30)27-20-12-10-18(11-13-20)17-6-3-2-4-7-17/h5,8-15,17H,2-4,6-7H2,1H3,(H3,25,26)(H,27,30). The number of hydrogen-bond acceptors (Lipinski definition) is 3. The molecule has 1 amide bonds. The lowest BCUT2D eigenvalue weighted by atomic mass is 9.84. The van der Waals surface area contributed by atoms with Gasteiger partial charge >= 0.3 is 0 Å². The maximum absolute atomic E-state index is 13.0. The average Bonchev–Trinajstić information content (AvgIpc) is 3.17. The summed E-state index contributed by atoms with van der Waals surface area (Å²) in [6.45, 7) is 1.85. The number of nitrogen functional groups attached to an aromatic ring is 1. The zero-order chi connectivity index (χ0) is 21.1. The molecule has 3 aromatic rings. The Morgan fingerprint density at radius 3 is 2.53 bits per heavy atom. The van der Waals surface area contributed by atoms with E-state index in [9.17, 15) is 4.79 Å². The Morgan fingerprint density at radius 2 is 1.83 bits per heavy atom. The quantitative estimate of drug-likeness (QED) is 0.424. The van der Waals surface area contributed by atoms with Gasteiger partial charge in [0.1, 0.15) is 11.5 Å². The molecule has 0 bridgehead atoms. The minimum Gasteiger partial charge on any atom is -0.384 e. The molecular weight excluding hydrogens is 374 g/mol. The number of hydrogen-bond donors (Lipinski definition) is 3. The number of anilines is 1. The normalized spacial score (nSPS) is 14.4. The average molecular weight is 402 g/mol. The number of amidine groups is 1. The van der Waals surface area contributed by atoms with Gasteiger partial charge in [0.15, 0.2) is 0 Å². The third kappa shape index (κ3) is 4.27. The van der Waals surface area contributed by atoms with Crippen LogP contribution in [0.25, 0.3) is 5.69 Å². The fourth-order valence-corrected chi connectivity index (χ4v) is 4.13. The van der Waals surface area contributed by atoms with Gasteiger partial charge in [-0.25, -0.2) is 4.68 Å². The molecule has 0 unspecified atom stereocenters. The zero-order valence-electron chi connectivity index (χ0n) is 17.2. The topological polar surface area (TPSA) is 96.8 Å². The van der Waals surface area contributed by atoms with Gasteiger partial charge in [-0.3, -0.25) is 10.2 Å². The molecular formula is C24H27N5O. The van der Waals surface area contributed by atoms with Crippen molar-refractivity contribution in [2.75, 3.05) is 5.32 Å². The van der Waals surface area contributed by atoms with E-state index in [1.54, 1.807) is 28.9 Å². The molecule has 30 heavy (non-hydrogen) atoms. The second-order valence-electron chi connectivity index (χ2n) is 7.96. The first-order chi connectivity index (χ1) is 14.5. The summed E-state index contributed by atoms with van der Waals surface area (Å²) in [5.41, 5.74) is 10.2. The van der Waals surface area contributed by atoms with Crippen molar-refractivity contribution in [2.45, 2.75) is 44.9 Å². The van der Waals surface area contributed by atoms with Crippen LogP contribution in [0.2, 0.25) is 0 Å². The zero-order valence-corrected chi connectivity index (χ0v) is 17.2. The van der Waals surface area contributed by atoms with Crippen LogP contribution in [0, 0.1) is 12.3 Å². The van der Waals surface area contributed by atoms with Crippen LogP contribution in [-0.2, 0) is 0 Å². The lowest BCUT2D eigenvalue weighted by Gasteiger charge is -2.22. The Balaban J connectivity index is 1.54. The van der Waals surface area contributed by atoms with Gasteiger partial charge in [-0.1, -0.05) is 43.5 Å². The highest BCUT2D eigenvalue weighted by atomic mass is 16.2. The lowest BCUT2D eigenvalue weighted by molar-refractivity contribution is 0.101. The van der Waals surface area contributed by atoms with E-state index >= 15 is 0 Å². The largest absolute Gasteiger partial charge is 0.384 e. The van der Waals surface area contributed by atoms with Crippen LogP contribution >= 0.6 is 0 Å². The van der Waals surface area contributed by atoms with Crippen molar-refractivity contribution in [3.63, 3.8) is 0 Å². The second-order valence-corrected chi connectivity index (χ2v) is 7.96. The van der Waals surface area contributed by atoms with Crippen molar-refractivity contribution >= 4 is 17.4 Å². The summed E-state index contributed by atoms with van der Waals surface area (Å²) in [5, 5.41) is 15.1. The number of benzene rings is 2. The summed E-state index contributed by atoms with van der Waals surface area (Å²) in [5.74, 6) is 0.389. The van der Waals surface area contributed by atoms with E-state index in [0.29, 0.717) is 22.9 Å². The SMILES string of the molecule is Cc1cc(C(=O)Nc2ccc(C3CCCCC3)cc2)n(-c2cccc(C(=N)N)c2)n1. The van der Waals surface area contributed by atoms with Crippen molar-refractivity contribution < 1.29 is 4.79 Å². The smallest absolute Gasteiger partial charge is 0.274 e. The predicted octanol–water partition coefficient (Wildman–Crippen LogP) is 4.76. The monoisotopic (exact) mass is 401 g/mol. The molecule has 4 rings (SSSR count). The molecule has 1 saturated carbocycles. The molecule has 154 valence electrons. The van der Waals surface area contributed by atoms with Gasteiger partial charge in [-0.15, -0.1) is 0 Å². The van der Waals surface area contributed by atoms with Crippen LogP contribution in [-0.4, -0.2) is 21.5 Å². The van der Waals surface area contributed by atoms with Gasteiger partial charge in [0, 0.05) is 11.3 Å². The number of amides is 1. The van der Waals surface area contributed by atoms with E-state index in [1.165, 1.54) is 37.7 Å². The first kappa shape index (κ1) is 19.9. The third-order valence-corrected chi connectivity index (χ3v) is 5.71. The van der Waals surface area contributed by atoms with Crippen LogP contribution in [0.3, 0.4) is 0 Å². The summed E-state index contributed by atoms with van der Waals surface area (Å²) in [4.78, 5) is 13.0. The van der Waals surface area contributed by atoms with E-state index in [2.05, 4.69) is 22.5 Å². The Morgan fingerprint density at radius 1 is 1.10 bits per heavy atom. The predicted molar refractivity (Wildman–Crippen MR) is 120 cm³/mol.